The number of amides is 1. The molecule has 1 aliphatic carbocycles. The monoisotopic (exact) mass is 404 g/mol. The lowest BCUT2D eigenvalue weighted by Gasteiger charge is -2.19. The van der Waals surface area contributed by atoms with E-state index in [1.807, 2.05) is 30.3 Å². The Bertz CT molecular complexity index is 927. The summed E-state index contributed by atoms with van der Waals surface area (Å²) in [6.07, 6.45) is 2.10. The van der Waals surface area contributed by atoms with Crippen LogP contribution in [0, 0.1) is 0 Å². The summed E-state index contributed by atoms with van der Waals surface area (Å²) in [4.78, 5) is 12.7. The van der Waals surface area contributed by atoms with E-state index < -0.39 is 16.1 Å². The van der Waals surface area contributed by atoms with Crippen LogP contribution >= 0.6 is 0 Å². The van der Waals surface area contributed by atoms with Gasteiger partial charge < -0.3 is 14.8 Å². The van der Waals surface area contributed by atoms with E-state index in [0.29, 0.717) is 11.5 Å². The highest BCUT2D eigenvalue weighted by Crippen LogP contribution is 2.29. The molecule has 1 saturated carbocycles. The Balaban J connectivity index is 1.84. The molecule has 0 saturated heterocycles. The molecule has 3 rings (SSSR count). The molecule has 8 heteroatoms. The van der Waals surface area contributed by atoms with Crippen LogP contribution in [0.4, 0.5) is 0 Å². The van der Waals surface area contributed by atoms with Crippen molar-refractivity contribution in [2.45, 2.75) is 36.2 Å². The van der Waals surface area contributed by atoms with Crippen molar-refractivity contribution in [2.24, 2.45) is 0 Å². The Labute approximate surface area is 165 Å². The Hall–Kier alpha value is -2.58. The van der Waals surface area contributed by atoms with Gasteiger partial charge in [-0.1, -0.05) is 30.3 Å². The maximum absolute atomic E-state index is 12.9. The molecule has 2 aromatic carbocycles. The fraction of sp³-hybridized carbons (Fsp3) is 0.350. The van der Waals surface area contributed by atoms with Gasteiger partial charge in [0.15, 0.2) is 11.5 Å². The lowest BCUT2D eigenvalue weighted by molar-refractivity contribution is -0.122. The number of carbonyl (C=O) groups excluding carboxylic acids is 1. The summed E-state index contributed by atoms with van der Waals surface area (Å²) in [5.74, 6) is 0.400. The summed E-state index contributed by atoms with van der Waals surface area (Å²) in [7, 11) is -1.04. The van der Waals surface area contributed by atoms with Gasteiger partial charge in [0.2, 0.25) is 15.9 Å². The SMILES string of the molecule is COc1ccc(S(=O)(=O)N[C@H](Cc2ccccc2)C(=O)NC2CC2)cc1OC. The van der Waals surface area contributed by atoms with Crippen molar-refractivity contribution in [3.63, 3.8) is 0 Å². The average Bonchev–Trinajstić information content (AvgIpc) is 3.51. The lowest BCUT2D eigenvalue weighted by atomic mass is 10.1. The predicted octanol–water partition coefficient (Wildman–Crippen LogP) is 1.87. The number of methoxy groups -OCH3 is 2. The molecule has 1 amide bonds. The first-order valence-electron chi connectivity index (χ1n) is 9.01. The van der Waals surface area contributed by atoms with Crippen molar-refractivity contribution >= 4 is 15.9 Å². The van der Waals surface area contributed by atoms with E-state index >= 15 is 0 Å². The van der Waals surface area contributed by atoms with Crippen LogP contribution in [0.15, 0.2) is 53.4 Å². The van der Waals surface area contributed by atoms with Crippen molar-refractivity contribution in [1.82, 2.24) is 10.0 Å². The number of sulfonamides is 1. The van der Waals surface area contributed by atoms with Gasteiger partial charge in [-0.2, -0.15) is 4.72 Å². The smallest absolute Gasteiger partial charge is 0.241 e. The third-order valence-corrected chi connectivity index (χ3v) is 5.95. The molecule has 28 heavy (non-hydrogen) atoms. The summed E-state index contributed by atoms with van der Waals surface area (Å²) in [6.45, 7) is 0. The number of hydrogen-bond donors (Lipinski definition) is 2. The van der Waals surface area contributed by atoms with Gasteiger partial charge in [-0.25, -0.2) is 8.42 Å². The van der Waals surface area contributed by atoms with Gasteiger partial charge in [0, 0.05) is 12.1 Å². The summed E-state index contributed by atoms with van der Waals surface area (Å²) in [5.41, 5.74) is 0.869. The van der Waals surface area contributed by atoms with Crippen LogP contribution < -0.4 is 19.5 Å². The van der Waals surface area contributed by atoms with Crippen LogP contribution in [0.3, 0.4) is 0 Å². The second kappa shape index (κ2) is 8.62. The molecule has 1 fully saturated rings. The molecule has 150 valence electrons. The second-order valence-corrected chi connectivity index (χ2v) is 8.38. The van der Waals surface area contributed by atoms with Crippen LogP contribution in [0.5, 0.6) is 11.5 Å². The largest absolute Gasteiger partial charge is 0.493 e. The molecule has 0 radical (unpaired) electrons. The number of carbonyl (C=O) groups is 1. The van der Waals surface area contributed by atoms with Crippen LogP contribution in [-0.2, 0) is 21.2 Å². The second-order valence-electron chi connectivity index (χ2n) is 6.66. The zero-order valence-electron chi connectivity index (χ0n) is 15.8. The minimum Gasteiger partial charge on any atom is -0.493 e. The molecule has 0 unspecified atom stereocenters. The summed E-state index contributed by atoms with van der Waals surface area (Å²) in [6, 6.07) is 12.8. The van der Waals surface area contributed by atoms with E-state index in [9.17, 15) is 13.2 Å². The van der Waals surface area contributed by atoms with Crippen molar-refractivity contribution in [1.29, 1.82) is 0 Å². The fourth-order valence-electron chi connectivity index (χ4n) is 2.81. The molecule has 0 spiro atoms. The molecule has 7 nitrogen and oxygen atoms in total. The minimum absolute atomic E-state index is 0.00225. The molecular weight excluding hydrogens is 380 g/mol. The van der Waals surface area contributed by atoms with Crippen molar-refractivity contribution in [2.75, 3.05) is 14.2 Å². The van der Waals surface area contributed by atoms with E-state index in [-0.39, 0.29) is 23.3 Å². The van der Waals surface area contributed by atoms with Gasteiger partial charge >= 0.3 is 0 Å². The molecule has 0 heterocycles. The van der Waals surface area contributed by atoms with Crippen LogP contribution in [0.2, 0.25) is 0 Å². The standard InChI is InChI=1S/C20H24N2O5S/c1-26-18-11-10-16(13-19(18)27-2)28(24,25)22-17(20(23)21-15-8-9-15)12-14-6-4-3-5-7-14/h3-7,10-11,13,15,17,22H,8-9,12H2,1-2H3,(H,21,23)/t17-/m1/s1. The third-order valence-electron chi connectivity index (χ3n) is 4.49. The lowest BCUT2D eigenvalue weighted by Crippen LogP contribution is -2.48. The van der Waals surface area contributed by atoms with Gasteiger partial charge in [0.05, 0.1) is 19.1 Å². The van der Waals surface area contributed by atoms with Crippen molar-refractivity contribution < 1.29 is 22.7 Å². The molecule has 0 aromatic heterocycles. The maximum atomic E-state index is 12.9. The Morgan fingerprint density at radius 1 is 1.07 bits per heavy atom. The summed E-state index contributed by atoms with van der Waals surface area (Å²) < 4.78 is 38.7. The number of benzene rings is 2. The number of rotatable bonds is 9. The highest BCUT2D eigenvalue weighted by molar-refractivity contribution is 7.89. The molecule has 0 aliphatic heterocycles. The highest BCUT2D eigenvalue weighted by atomic mass is 32.2. The van der Waals surface area contributed by atoms with E-state index in [2.05, 4.69) is 10.0 Å². The van der Waals surface area contributed by atoms with Crippen LogP contribution in [-0.4, -0.2) is 40.6 Å². The summed E-state index contributed by atoms with van der Waals surface area (Å²) >= 11 is 0. The highest BCUT2D eigenvalue weighted by Gasteiger charge is 2.31. The minimum atomic E-state index is -3.94. The Morgan fingerprint density at radius 3 is 2.36 bits per heavy atom. The summed E-state index contributed by atoms with van der Waals surface area (Å²) in [5, 5.41) is 2.88. The first kappa shape index (κ1) is 20.2. The molecular formula is C20H24N2O5S. The Kier molecular flexibility index (Phi) is 6.21. The molecule has 2 N–H and O–H groups in total. The van der Waals surface area contributed by atoms with Gasteiger partial charge in [0.1, 0.15) is 6.04 Å². The zero-order chi connectivity index (χ0) is 20.1. The predicted molar refractivity (Wildman–Crippen MR) is 105 cm³/mol. The normalized spacial score (nSPS) is 14.9. The molecule has 2 aromatic rings. The first-order valence-corrected chi connectivity index (χ1v) is 10.5. The maximum Gasteiger partial charge on any atom is 0.241 e. The van der Waals surface area contributed by atoms with Gasteiger partial charge in [-0.3, -0.25) is 4.79 Å². The van der Waals surface area contributed by atoms with Gasteiger partial charge in [0.25, 0.3) is 0 Å². The van der Waals surface area contributed by atoms with Crippen LogP contribution in [0.25, 0.3) is 0 Å². The van der Waals surface area contributed by atoms with Gasteiger partial charge in [-0.05, 0) is 37.0 Å². The van der Waals surface area contributed by atoms with Crippen LogP contribution in [0.1, 0.15) is 18.4 Å². The zero-order valence-corrected chi connectivity index (χ0v) is 16.7. The Morgan fingerprint density at radius 2 is 1.75 bits per heavy atom. The van der Waals surface area contributed by atoms with E-state index in [1.54, 1.807) is 0 Å². The first-order chi connectivity index (χ1) is 13.4. The number of ether oxygens (including phenoxy) is 2. The average molecular weight is 404 g/mol. The van der Waals surface area contributed by atoms with Crippen molar-refractivity contribution in [3.05, 3.63) is 54.1 Å². The fourth-order valence-corrected chi connectivity index (χ4v) is 4.02. The molecule has 1 aliphatic rings. The van der Waals surface area contributed by atoms with E-state index in [1.165, 1.54) is 32.4 Å². The number of hydrogen-bond acceptors (Lipinski definition) is 5. The van der Waals surface area contributed by atoms with E-state index in [0.717, 1.165) is 18.4 Å². The molecule has 1 atom stereocenters. The van der Waals surface area contributed by atoms with Gasteiger partial charge in [-0.15, -0.1) is 0 Å². The quantitative estimate of drug-likeness (QED) is 0.666. The third kappa shape index (κ3) is 5.02. The molecule has 0 bridgehead atoms. The number of nitrogens with one attached hydrogen (secondary N) is 2. The topological polar surface area (TPSA) is 93.7 Å². The van der Waals surface area contributed by atoms with E-state index in [4.69, 9.17) is 9.47 Å². The van der Waals surface area contributed by atoms with Crippen molar-refractivity contribution in [3.8, 4) is 11.5 Å².